The summed E-state index contributed by atoms with van der Waals surface area (Å²) in [4.78, 5) is 14.4. The highest BCUT2D eigenvalue weighted by atomic mass is 32.1. The van der Waals surface area contributed by atoms with E-state index in [0.29, 0.717) is 5.00 Å². The van der Waals surface area contributed by atoms with Gasteiger partial charge in [-0.3, -0.25) is 9.17 Å². The molecule has 0 unspecified atom stereocenters. The van der Waals surface area contributed by atoms with Gasteiger partial charge in [-0.2, -0.15) is 0 Å². The molecule has 0 saturated carbocycles. The van der Waals surface area contributed by atoms with Gasteiger partial charge in [-0.25, -0.2) is 4.85 Å². The SMILES string of the molecule is [C-]#[N+]c1c(Nc2ccc(OC)cc2)s[nH]c1=O. The van der Waals surface area contributed by atoms with Gasteiger partial charge in [-0.1, -0.05) is 11.5 Å². The quantitative estimate of drug-likeness (QED) is 0.820. The molecule has 1 aromatic carbocycles. The molecule has 0 saturated heterocycles. The molecule has 17 heavy (non-hydrogen) atoms. The molecule has 2 N–H and O–H groups in total. The van der Waals surface area contributed by atoms with Crippen molar-refractivity contribution in [3.63, 3.8) is 0 Å². The van der Waals surface area contributed by atoms with Crippen molar-refractivity contribution in [3.05, 3.63) is 46.0 Å². The molecule has 0 radical (unpaired) electrons. The number of aromatic nitrogens is 1. The van der Waals surface area contributed by atoms with Crippen molar-refractivity contribution in [1.82, 2.24) is 4.37 Å². The molecule has 1 heterocycles. The van der Waals surface area contributed by atoms with E-state index in [4.69, 9.17) is 11.3 Å². The van der Waals surface area contributed by atoms with Crippen LogP contribution in [0.4, 0.5) is 16.4 Å². The molecule has 0 amide bonds. The molecule has 2 rings (SSSR count). The molecular weight excluding hydrogens is 238 g/mol. The third kappa shape index (κ3) is 2.29. The average Bonchev–Trinajstić information content (AvgIpc) is 2.71. The molecule has 0 aliphatic heterocycles. The van der Waals surface area contributed by atoms with Crippen LogP contribution in [0.15, 0.2) is 29.1 Å². The minimum atomic E-state index is -0.360. The lowest BCUT2D eigenvalue weighted by molar-refractivity contribution is 0.415. The van der Waals surface area contributed by atoms with Crippen LogP contribution in [0, 0.1) is 6.57 Å². The van der Waals surface area contributed by atoms with Gasteiger partial charge >= 0.3 is 0 Å². The Morgan fingerprint density at radius 2 is 2.12 bits per heavy atom. The zero-order valence-corrected chi connectivity index (χ0v) is 9.80. The maximum atomic E-state index is 11.2. The Kier molecular flexibility index (Phi) is 3.12. The number of hydrogen-bond donors (Lipinski definition) is 2. The highest BCUT2D eigenvalue weighted by molar-refractivity contribution is 7.11. The summed E-state index contributed by atoms with van der Waals surface area (Å²) < 4.78 is 7.55. The highest BCUT2D eigenvalue weighted by Gasteiger charge is 2.10. The zero-order chi connectivity index (χ0) is 12.3. The highest BCUT2D eigenvalue weighted by Crippen LogP contribution is 2.28. The second kappa shape index (κ2) is 4.72. The lowest BCUT2D eigenvalue weighted by atomic mass is 10.3. The molecule has 6 heteroatoms. The predicted octanol–water partition coefficient (Wildman–Crippen LogP) is 2.74. The van der Waals surface area contributed by atoms with Gasteiger partial charge in [0.2, 0.25) is 0 Å². The number of rotatable bonds is 3. The van der Waals surface area contributed by atoms with Gasteiger partial charge in [0.05, 0.1) is 13.7 Å². The predicted molar refractivity (Wildman–Crippen MR) is 67.5 cm³/mol. The Morgan fingerprint density at radius 1 is 1.41 bits per heavy atom. The van der Waals surface area contributed by atoms with E-state index in [-0.39, 0.29) is 11.2 Å². The van der Waals surface area contributed by atoms with E-state index in [1.165, 1.54) is 0 Å². The normalized spacial score (nSPS) is 9.65. The maximum Gasteiger partial charge on any atom is 0.285 e. The van der Waals surface area contributed by atoms with Gasteiger partial charge < -0.3 is 10.1 Å². The second-order valence-electron chi connectivity index (χ2n) is 3.18. The van der Waals surface area contributed by atoms with Gasteiger partial charge in [0.15, 0.2) is 0 Å². The van der Waals surface area contributed by atoms with E-state index in [1.54, 1.807) is 19.2 Å². The summed E-state index contributed by atoms with van der Waals surface area (Å²) in [5.41, 5.74) is 0.526. The topological polar surface area (TPSA) is 58.5 Å². The largest absolute Gasteiger partial charge is 0.497 e. The van der Waals surface area contributed by atoms with E-state index in [0.717, 1.165) is 23.0 Å². The van der Waals surface area contributed by atoms with Crippen molar-refractivity contribution in [2.24, 2.45) is 0 Å². The summed E-state index contributed by atoms with van der Waals surface area (Å²) in [5.74, 6) is 0.753. The van der Waals surface area contributed by atoms with Crippen LogP contribution in [0.25, 0.3) is 4.85 Å². The maximum absolute atomic E-state index is 11.2. The molecule has 86 valence electrons. The molecule has 0 bridgehead atoms. The molecule has 0 aliphatic carbocycles. The van der Waals surface area contributed by atoms with Crippen LogP contribution >= 0.6 is 11.5 Å². The monoisotopic (exact) mass is 247 g/mol. The smallest absolute Gasteiger partial charge is 0.285 e. The Bertz CT molecular complexity index is 607. The fourth-order valence-corrected chi connectivity index (χ4v) is 1.98. The number of nitrogens with zero attached hydrogens (tertiary/aromatic N) is 1. The number of anilines is 2. The van der Waals surface area contributed by atoms with Crippen molar-refractivity contribution in [2.45, 2.75) is 0 Å². The number of methoxy groups -OCH3 is 1. The molecule has 5 nitrogen and oxygen atoms in total. The summed E-state index contributed by atoms with van der Waals surface area (Å²) in [6.07, 6.45) is 0. The van der Waals surface area contributed by atoms with Crippen LogP contribution in [0.2, 0.25) is 0 Å². The molecule has 0 aliphatic rings. The molecular formula is C11H9N3O2S. The van der Waals surface area contributed by atoms with E-state index >= 15 is 0 Å². The summed E-state index contributed by atoms with van der Waals surface area (Å²) >= 11 is 1.11. The molecule has 2 aromatic rings. The minimum Gasteiger partial charge on any atom is -0.497 e. The number of nitrogens with one attached hydrogen (secondary N) is 2. The standard InChI is InChI=1S/C11H9N3O2S/c1-12-9-10(15)14-17-11(9)13-7-3-5-8(16-2)6-4-7/h3-6,13H,2H3,(H,14,15). The van der Waals surface area contributed by atoms with Crippen LogP contribution < -0.4 is 15.6 Å². The first kappa shape index (κ1) is 11.2. The van der Waals surface area contributed by atoms with Crippen LogP contribution in [-0.2, 0) is 0 Å². The van der Waals surface area contributed by atoms with Crippen LogP contribution in [0.1, 0.15) is 0 Å². The van der Waals surface area contributed by atoms with Crippen molar-refractivity contribution in [3.8, 4) is 5.75 Å². The first-order valence-corrected chi connectivity index (χ1v) is 5.56. The van der Waals surface area contributed by atoms with Crippen LogP contribution in [0.3, 0.4) is 0 Å². The fourth-order valence-electron chi connectivity index (χ4n) is 1.29. The summed E-state index contributed by atoms with van der Waals surface area (Å²) in [6, 6.07) is 7.23. The summed E-state index contributed by atoms with van der Waals surface area (Å²) in [5, 5.41) is 3.54. The van der Waals surface area contributed by atoms with Crippen molar-refractivity contribution >= 4 is 27.9 Å². The molecule has 0 spiro atoms. The number of aromatic amines is 1. The number of benzene rings is 1. The summed E-state index contributed by atoms with van der Waals surface area (Å²) in [7, 11) is 1.59. The van der Waals surface area contributed by atoms with Gasteiger partial charge in [-0.05, 0) is 24.3 Å². The van der Waals surface area contributed by atoms with Crippen molar-refractivity contribution in [2.75, 3.05) is 12.4 Å². The third-order valence-corrected chi connectivity index (χ3v) is 2.92. The zero-order valence-electron chi connectivity index (χ0n) is 8.98. The Morgan fingerprint density at radius 3 is 2.71 bits per heavy atom. The number of ether oxygens (including phenoxy) is 1. The van der Waals surface area contributed by atoms with Crippen molar-refractivity contribution < 1.29 is 4.74 Å². The minimum absolute atomic E-state index is 0.0887. The number of H-pyrrole nitrogens is 1. The molecule has 1 aromatic heterocycles. The van der Waals surface area contributed by atoms with Crippen molar-refractivity contribution in [1.29, 1.82) is 0 Å². The van der Waals surface area contributed by atoms with Crippen LogP contribution in [0.5, 0.6) is 5.75 Å². The van der Waals surface area contributed by atoms with E-state index in [1.807, 2.05) is 12.1 Å². The first-order chi connectivity index (χ1) is 8.24. The fraction of sp³-hybridized carbons (Fsp3) is 0.0909. The molecule has 0 atom stereocenters. The Labute approximate surface area is 102 Å². The van der Waals surface area contributed by atoms with Gasteiger partial charge in [0.25, 0.3) is 11.2 Å². The lowest BCUT2D eigenvalue weighted by Gasteiger charge is -2.04. The lowest BCUT2D eigenvalue weighted by Crippen LogP contribution is -1.95. The van der Waals surface area contributed by atoms with E-state index in [2.05, 4.69) is 14.5 Å². The summed E-state index contributed by atoms with van der Waals surface area (Å²) in [6.45, 7) is 6.92. The number of hydrogen-bond acceptors (Lipinski definition) is 4. The van der Waals surface area contributed by atoms with Gasteiger partial charge in [0.1, 0.15) is 10.8 Å². The average molecular weight is 247 g/mol. The van der Waals surface area contributed by atoms with Gasteiger partial charge in [0, 0.05) is 5.69 Å². The Hall–Kier alpha value is -2.26. The Balaban J connectivity index is 2.26. The second-order valence-corrected chi connectivity index (χ2v) is 3.99. The molecule has 0 fully saturated rings. The van der Waals surface area contributed by atoms with Gasteiger partial charge in [-0.15, -0.1) is 0 Å². The van der Waals surface area contributed by atoms with Crippen LogP contribution in [-0.4, -0.2) is 11.5 Å². The first-order valence-electron chi connectivity index (χ1n) is 4.74. The van der Waals surface area contributed by atoms with E-state index in [9.17, 15) is 4.79 Å². The van der Waals surface area contributed by atoms with E-state index < -0.39 is 0 Å². The third-order valence-electron chi connectivity index (χ3n) is 2.14.